The van der Waals surface area contributed by atoms with Gasteiger partial charge in [0.1, 0.15) is 0 Å². The molecule has 4 unspecified atom stereocenters. The van der Waals surface area contributed by atoms with Crippen molar-refractivity contribution in [1.29, 1.82) is 0 Å². The van der Waals surface area contributed by atoms with Crippen molar-refractivity contribution in [1.82, 2.24) is 5.32 Å². The fourth-order valence-electron chi connectivity index (χ4n) is 17.7. The van der Waals surface area contributed by atoms with Gasteiger partial charge in [0.25, 0.3) is 0 Å². The first-order valence-corrected chi connectivity index (χ1v) is 14.1. The number of aliphatic hydroxyl groups is 2. The van der Waals surface area contributed by atoms with Crippen molar-refractivity contribution in [3.8, 4) is 0 Å². The number of aliphatic hydroxyl groups excluding tert-OH is 1. The van der Waals surface area contributed by atoms with Crippen LogP contribution in [0.1, 0.15) is 0 Å². The van der Waals surface area contributed by atoms with Crippen molar-refractivity contribution < 1.29 is 16.7 Å². The van der Waals surface area contributed by atoms with Crippen molar-refractivity contribution in [2.24, 2.45) is 0 Å². The van der Waals surface area contributed by atoms with E-state index in [1.54, 1.807) is 5.57 Å². The molecule has 0 bridgehead atoms. The van der Waals surface area contributed by atoms with Gasteiger partial charge in [-0.15, -0.1) is 0 Å². The molecule has 0 aromatic heterocycles. The summed E-state index contributed by atoms with van der Waals surface area (Å²) in [6, 6.07) is 0. The molecule has 0 aromatic rings. The summed E-state index contributed by atoms with van der Waals surface area (Å²) in [4.78, 5) is 12.0. The van der Waals surface area contributed by atoms with Gasteiger partial charge in [0.15, 0.2) is 0 Å². The minimum absolute atomic E-state index is 0.298. The third-order valence-electron chi connectivity index (χ3n) is 15.9. The van der Waals surface area contributed by atoms with Gasteiger partial charge < -0.3 is 0 Å². The van der Waals surface area contributed by atoms with Crippen molar-refractivity contribution in [3.05, 3.63) is 12.2 Å². The molecule has 0 radical (unpaired) electrons. The Morgan fingerprint density at radius 1 is 1.05 bits per heavy atom. The van der Waals surface area contributed by atoms with Crippen LogP contribution < -0.4 is 5.32 Å². The summed E-state index contributed by atoms with van der Waals surface area (Å²) in [6.07, 6.45) is -1.22. The molecule has 3 nitrogen and oxygen atoms in total. The van der Waals surface area contributed by atoms with E-state index in [2.05, 4.69) is 11.9 Å². The molecular weight excluding hydrogens is 282 g/mol. The predicted molar refractivity (Wildman–Crippen MR) is 66.7 cm³/mol. The molecule has 0 saturated carbocycles. The SMILES string of the molecule is C=C(CNCC(O)O)[C]12[CH]3[CH]4[CH]5[CH]1[Fe]45321678[CH]2[CH]1[CH]6[CH]7[CH]28. The Balaban J connectivity index is 1.25. The average Bonchev–Trinajstić information content (AvgIpc) is 3.31. The van der Waals surface area contributed by atoms with E-state index >= 15 is 0 Å². The quantitative estimate of drug-likeness (QED) is 0.414. The summed E-state index contributed by atoms with van der Waals surface area (Å²) in [7, 11) is 0. The first-order valence-electron chi connectivity index (χ1n) is 7.85. The van der Waals surface area contributed by atoms with Gasteiger partial charge in [0, 0.05) is 0 Å². The molecule has 0 aliphatic carbocycles. The van der Waals surface area contributed by atoms with E-state index in [0.717, 1.165) is 10.9 Å². The van der Waals surface area contributed by atoms with Crippen molar-refractivity contribution >= 4 is 0 Å². The second kappa shape index (κ2) is 0.702. The molecule has 19 heavy (non-hydrogen) atoms. The molecule has 10 aliphatic rings. The molecule has 4 heteroatoms. The van der Waals surface area contributed by atoms with E-state index in [1.165, 1.54) is 43.3 Å². The van der Waals surface area contributed by atoms with Crippen LogP contribution in [0.25, 0.3) is 0 Å². The molecule has 1 spiro atoms. The normalized spacial score (nSPS) is 108. The Bertz CT molecular complexity index is 947. The fourth-order valence-corrected chi connectivity index (χ4v) is 92.3. The summed E-state index contributed by atoms with van der Waals surface area (Å²) in [5.74, 6) is 0. The van der Waals surface area contributed by atoms with Crippen LogP contribution >= 0.6 is 0 Å². The molecule has 3 N–H and O–H groups in total. The number of fused-ring (bicyclic) bond motifs is 10. The van der Waals surface area contributed by atoms with Gasteiger partial charge >= 0.3 is 101 Å². The van der Waals surface area contributed by atoms with E-state index in [4.69, 9.17) is 10.2 Å². The minimum atomic E-state index is -2.98. The standard InChI is InChI=1S/C10H14NO2.C5H5.Fe/c1-8(6-11-7-10(12)13)9-4-2-3-5-9;1-2-4-5-3-1;/h2-5,10-13H,1,6-7H2;1-5H;. The third kappa shape index (κ3) is 0.0932. The van der Waals surface area contributed by atoms with Crippen molar-refractivity contribution in [2.75, 3.05) is 13.1 Å². The topological polar surface area (TPSA) is 52.5 Å². The van der Waals surface area contributed by atoms with E-state index in [9.17, 15) is 0 Å². The molecule has 4 atom stereocenters. The maximum atomic E-state index is 8.98. The van der Waals surface area contributed by atoms with Gasteiger partial charge in [0.05, 0.1) is 0 Å². The Morgan fingerprint density at radius 3 is 1.89 bits per heavy atom. The van der Waals surface area contributed by atoms with Crippen molar-refractivity contribution in [2.45, 2.75) is 54.0 Å². The first-order chi connectivity index (χ1) is 8.88. The van der Waals surface area contributed by atoms with Crippen LogP contribution in [0.5, 0.6) is 0 Å². The molecule has 10 saturated heterocycles. The second-order valence-electron chi connectivity index (χ2n) is 11.4. The molecule has 10 heterocycles. The van der Waals surface area contributed by atoms with E-state index in [1.807, 2.05) is 0 Å². The molecule has 0 amide bonds. The Kier molecular flexibility index (Phi) is 0.294. The fraction of sp³-hybridized carbons (Fsp3) is 0.867. The van der Waals surface area contributed by atoms with Crippen LogP contribution in [0.2, 0.25) is 47.7 Å². The van der Waals surface area contributed by atoms with Crippen LogP contribution in [0.3, 0.4) is 0 Å². The van der Waals surface area contributed by atoms with Crippen LogP contribution in [0.15, 0.2) is 12.2 Å². The second-order valence-corrected chi connectivity index (χ2v) is 35.0. The summed E-state index contributed by atoms with van der Waals surface area (Å²) in [5.41, 5.74) is 1.54. The van der Waals surface area contributed by atoms with Gasteiger partial charge in [-0.2, -0.15) is 0 Å². The number of rotatable bonds is 5. The Hall–Kier alpha value is 0.139. The van der Waals surface area contributed by atoms with Gasteiger partial charge in [-0.05, 0) is 0 Å². The van der Waals surface area contributed by atoms with Gasteiger partial charge in [-0.25, -0.2) is 0 Å². The predicted octanol–water partition coefficient (Wildman–Crippen LogP) is 2.20. The van der Waals surface area contributed by atoms with Crippen LogP contribution in [0.4, 0.5) is 0 Å². The first kappa shape index (κ1) is 7.95. The van der Waals surface area contributed by atoms with E-state index in [0.29, 0.717) is 6.54 Å². The van der Waals surface area contributed by atoms with Crippen molar-refractivity contribution in [3.63, 3.8) is 0 Å². The zero-order chi connectivity index (χ0) is 12.3. The molecule has 10 aliphatic heterocycles. The maximum absolute atomic E-state index is 8.98. The van der Waals surface area contributed by atoms with Gasteiger partial charge in [0.2, 0.25) is 0 Å². The van der Waals surface area contributed by atoms with E-state index < -0.39 is 12.8 Å². The van der Waals surface area contributed by atoms with Crippen LogP contribution in [0, 0.1) is 0 Å². The third-order valence-corrected chi connectivity index (χ3v) is 58.3. The van der Waals surface area contributed by atoms with Crippen LogP contribution in [-0.2, 0) is 6.51 Å². The zero-order valence-corrected chi connectivity index (χ0v) is 11.7. The summed E-state index contributed by atoms with van der Waals surface area (Å²) in [5, 5.41) is 21.2. The average molecular weight is 301 g/mol. The van der Waals surface area contributed by atoms with E-state index in [-0.39, 0.29) is 0 Å². The molecule has 104 valence electrons. The Morgan fingerprint density at radius 2 is 1.58 bits per heavy atom. The number of nitrogens with one attached hydrogen (secondary N) is 1. The summed E-state index contributed by atoms with van der Waals surface area (Å²) < 4.78 is 0.770. The van der Waals surface area contributed by atoms with Gasteiger partial charge in [-0.3, -0.25) is 0 Å². The molecule has 0 aromatic carbocycles. The molecule has 10 fully saturated rings. The van der Waals surface area contributed by atoms with Crippen LogP contribution in [-0.4, -0.2) is 29.6 Å². The molecule has 10 rings (SSSR count). The monoisotopic (exact) mass is 301 g/mol. The summed E-state index contributed by atoms with van der Waals surface area (Å²) >= 11 is 0. The molecular formula is C15H19FeNO2. The number of hydrogen-bond acceptors (Lipinski definition) is 3. The number of hydrogen-bond donors (Lipinski definition) is 3. The zero-order valence-electron chi connectivity index (χ0n) is 10.6. The summed E-state index contributed by atoms with van der Waals surface area (Å²) in [6.45, 7) is 2.73. The Labute approximate surface area is 101 Å². The van der Waals surface area contributed by atoms with Gasteiger partial charge in [-0.1, -0.05) is 0 Å².